The first kappa shape index (κ1) is 25.2. The van der Waals surface area contributed by atoms with Crippen molar-refractivity contribution < 1.29 is 59.0 Å². The number of carbonyl (C=O) groups excluding carboxylic acids is 2. The monoisotopic (exact) mass is 508 g/mol. The molecule has 34 heavy (non-hydrogen) atoms. The van der Waals surface area contributed by atoms with E-state index in [0.29, 0.717) is 0 Å². The molecule has 0 spiro atoms. The average Bonchev–Trinajstić information content (AvgIpc) is 2.99. The maximum absolute atomic E-state index is 13.1. The second kappa shape index (κ2) is 8.42. The van der Waals surface area contributed by atoms with Gasteiger partial charge in [0, 0.05) is 5.39 Å². The van der Waals surface area contributed by atoms with Crippen molar-refractivity contribution in [2.24, 2.45) is 0 Å². The number of ether oxygens (including phenoxy) is 5. The van der Waals surface area contributed by atoms with E-state index in [1.54, 1.807) is 20.8 Å². The van der Waals surface area contributed by atoms with Gasteiger partial charge in [-0.1, -0.05) is 0 Å². The standard InChI is InChI=1S/C20H19F3O10S/c1-19(2,3)32-18(25)31-17-11-6-9-7-12(28-4)13(29-5)8-10(9)15(14(11)16(24)30-17)33-34(26,27)20(21,22)23/h6-8,17H,1-5H3. The number of esters is 1. The molecule has 0 aromatic heterocycles. The number of rotatable bonds is 5. The fraction of sp³-hybridized carbons (Fsp3) is 0.400. The van der Waals surface area contributed by atoms with Crippen LogP contribution >= 0.6 is 0 Å². The molecule has 2 aromatic rings. The van der Waals surface area contributed by atoms with Crippen LogP contribution in [-0.2, 0) is 24.3 Å². The number of halogens is 3. The van der Waals surface area contributed by atoms with Crippen LogP contribution in [0.15, 0.2) is 18.2 Å². The third kappa shape index (κ3) is 4.76. The van der Waals surface area contributed by atoms with Crippen molar-refractivity contribution in [3.63, 3.8) is 0 Å². The minimum atomic E-state index is -6.20. The number of methoxy groups -OCH3 is 2. The fourth-order valence-electron chi connectivity index (χ4n) is 3.02. The number of hydrogen-bond donors (Lipinski definition) is 0. The molecule has 0 saturated carbocycles. The molecule has 1 aliphatic heterocycles. The van der Waals surface area contributed by atoms with Gasteiger partial charge in [0.05, 0.1) is 19.8 Å². The molecule has 0 aliphatic carbocycles. The number of hydrogen-bond acceptors (Lipinski definition) is 10. The lowest BCUT2D eigenvalue weighted by Crippen LogP contribution is -2.28. The third-order valence-corrected chi connectivity index (χ3v) is 5.32. The van der Waals surface area contributed by atoms with Gasteiger partial charge in [-0.3, -0.25) is 0 Å². The topological polar surface area (TPSA) is 124 Å². The summed E-state index contributed by atoms with van der Waals surface area (Å²) in [7, 11) is -3.66. The number of alkyl halides is 3. The second-order valence-corrected chi connectivity index (χ2v) is 9.44. The first-order chi connectivity index (χ1) is 15.6. The molecule has 2 aromatic carbocycles. The molecule has 0 radical (unpaired) electrons. The molecule has 3 rings (SSSR count). The number of benzene rings is 2. The lowest BCUT2D eigenvalue weighted by Gasteiger charge is -2.20. The normalized spacial score (nSPS) is 16.0. The summed E-state index contributed by atoms with van der Waals surface area (Å²) in [6, 6.07) is 3.68. The fourth-order valence-corrected chi connectivity index (χ4v) is 3.51. The van der Waals surface area contributed by atoms with Crippen LogP contribution in [0.1, 0.15) is 43.0 Å². The Labute approximate surface area is 191 Å². The molecule has 1 heterocycles. The van der Waals surface area contributed by atoms with E-state index in [9.17, 15) is 31.2 Å². The highest BCUT2D eigenvalue weighted by atomic mass is 32.2. The first-order valence-electron chi connectivity index (χ1n) is 9.42. The van der Waals surface area contributed by atoms with Crippen molar-refractivity contribution in [2.75, 3.05) is 14.2 Å². The van der Waals surface area contributed by atoms with Gasteiger partial charge in [0.25, 0.3) is 6.29 Å². The number of carbonyl (C=O) groups is 2. The quantitative estimate of drug-likeness (QED) is 0.330. The Morgan fingerprint density at radius 1 is 1.03 bits per heavy atom. The van der Waals surface area contributed by atoms with E-state index in [-0.39, 0.29) is 27.8 Å². The van der Waals surface area contributed by atoms with Crippen molar-refractivity contribution in [3.05, 3.63) is 29.3 Å². The summed E-state index contributed by atoms with van der Waals surface area (Å²) < 4.78 is 92.4. The Kier molecular flexibility index (Phi) is 6.24. The molecule has 10 nitrogen and oxygen atoms in total. The van der Waals surface area contributed by atoms with Crippen LogP contribution in [0.2, 0.25) is 0 Å². The zero-order chi connectivity index (χ0) is 25.6. The maximum Gasteiger partial charge on any atom is 0.534 e. The molecule has 1 aliphatic rings. The molecule has 0 N–H and O–H groups in total. The predicted molar refractivity (Wildman–Crippen MR) is 108 cm³/mol. The van der Waals surface area contributed by atoms with Crippen LogP contribution in [0.5, 0.6) is 17.2 Å². The van der Waals surface area contributed by atoms with Gasteiger partial charge in [0.15, 0.2) is 17.2 Å². The van der Waals surface area contributed by atoms with Crippen molar-refractivity contribution in [2.45, 2.75) is 38.2 Å². The van der Waals surface area contributed by atoms with E-state index in [2.05, 4.69) is 4.18 Å². The molecule has 0 fully saturated rings. The van der Waals surface area contributed by atoms with Crippen LogP contribution in [0.4, 0.5) is 18.0 Å². The van der Waals surface area contributed by atoms with Gasteiger partial charge in [0.1, 0.15) is 11.2 Å². The van der Waals surface area contributed by atoms with E-state index >= 15 is 0 Å². The molecular formula is C20H19F3O10S. The number of cyclic esters (lactones) is 1. The summed E-state index contributed by atoms with van der Waals surface area (Å²) in [5, 5.41) is -0.168. The zero-order valence-electron chi connectivity index (χ0n) is 18.4. The molecule has 1 unspecified atom stereocenters. The van der Waals surface area contributed by atoms with Crippen LogP contribution in [0, 0.1) is 0 Å². The van der Waals surface area contributed by atoms with Gasteiger partial charge >= 0.3 is 27.8 Å². The van der Waals surface area contributed by atoms with Crippen molar-refractivity contribution >= 4 is 33.0 Å². The highest BCUT2D eigenvalue weighted by Crippen LogP contribution is 2.46. The van der Waals surface area contributed by atoms with Gasteiger partial charge in [-0.2, -0.15) is 21.6 Å². The van der Waals surface area contributed by atoms with Crippen LogP contribution in [-0.4, -0.2) is 45.9 Å². The molecular weight excluding hydrogens is 489 g/mol. The van der Waals surface area contributed by atoms with E-state index < -0.39 is 51.0 Å². The van der Waals surface area contributed by atoms with Crippen molar-refractivity contribution in [1.82, 2.24) is 0 Å². The highest BCUT2D eigenvalue weighted by molar-refractivity contribution is 7.88. The third-order valence-electron chi connectivity index (χ3n) is 4.37. The Morgan fingerprint density at radius 3 is 2.15 bits per heavy atom. The van der Waals surface area contributed by atoms with E-state index in [1.165, 1.54) is 26.4 Å². The van der Waals surface area contributed by atoms with Crippen LogP contribution in [0.25, 0.3) is 10.8 Å². The van der Waals surface area contributed by atoms with E-state index in [4.69, 9.17) is 23.7 Å². The van der Waals surface area contributed by atoms with Crippen molar-refractivity contribution in [3.8, 4) is 17.2 Å². The van der Waals surface area contributed by atoms with Gasteiger partial charge in [0.2, 0.25) is 0 Å². The van der Waals surface area contributed by atoms with Gasteiger partial charge in [-0.15, -0.1) is 0 Å². The maximum atomic E-state index is 13.1. The van der Waals surface area contributed by atoms with Gasteiger partial charge in [-0.25, -0.2) is 9.59 Å². The SMILES string of the molecule is COc1cc2cc3c(c(OS(=O)(=O)C(F)(F)F)c2cc1OC)C(=O)OC3OC(=O)OC(C)(C)C. The Morgan fingerprint density at radius 2 is 1.62 bits per heavy atom. The minimum absolute atomic E-state index is 0.0112. The largest absolute Gasteiger partial charge is 0.534 e. The smallest absolute Gasteiger partial charge is 0.493 e. The van der Waals surface area contributed by atoms with Gasteiger partial charge in [-0.05, 0) is 44.4 Å². The summed E-state index contributed by atoms with van der Waals surface area (Å²) in [5.74, 6) is -2.12. The summed E-state index contributed by atoms with van der Waals surface area (Å²) in [6.45, 7) is 4.64. The Balaban J connectivity index is 2.24. The van der Waals surface area contributed by atoms with Crippen LogP contribution < -0.4 is 13.7 Å². The molecule has 0 bridgehead atoms. The summed E-state index contributed by atoms with van der Waals surface area (Å²) in [5.41, 5.74) is -7.71. The van der Waals surface area contributed by atoms with E-state index in [0.717, 1.165) is 6.07 Å². The lowest BCUT2D eigenvalue weighted by molar-refractivity contribution is -0.102. The minimum Gasteiger partial charge on any atom is -0.493 e. The first-order valence-corrected chi connectivity index (χ1v) is 10.8. The molecule has 0 amide bonds. The molecule has 14 heteroatoms. The van der Waals surface area contributed by atoms with Crippen LogP contribution in [0.3, 0.4) is 0 Å². The average molecular weight is 508 g/mol. The Hall–Kier alpha value is -3.42. The summed E-state index contributed by atoms with van der Waals surface area (Å²) in [4.78, 5) is 24.6. The molecule has 1 atom stereocenters. The molecule has 186 valence electrons. The highest BCUT2D eigenvalue weighted by Gasteiger charge is 2.50. The van der Waals surface area contributed by atoms with Crippen molar-refractivity contribution in [1.29, 1.82) is 0 Å². The molecule has 0 saturated heterocycles. The predicted octanol–water partition coefficient (Wildman–Crippen LogP) is 4.21. The van der Waals surface area contributed by atoms with Gasteiger partial charge < -0.3 is 27.9 Å². The zero-order valence-corrected chi connectivity index (χ0v) is 19.3. The number of fused-ring (bicyclic) bond motifs is 2. The summed E-state index contributed by atoms with van der Waals surface area (Å²) >= 11 is 0. The summed E-state index contributed by atoms with van der Waals surface area (Å²) in [6.07, 6.45) is -2.98. The van der Waals surface area contributed by atoms with E-state index in [1.807, 2.05) is 0 Å². The second-order valence-electron chi connectivity index (χ2n) is 7.90. The Bertz CT molecular complexity index is 1260. The lowest BCUT2D eigenvalue weighted by atomic mass is 9.99.